The van der Waals surface area contributed by atoms with Gasteiger partial charge in [-0.05, 0) is 70.0 Å². The number of ether oxygens (including phenoxy) is 1. The van der Waals surface area contributed by atoms with Gasteiger partial charge in [-0.25, -0.2) is 4.79 Å². The molecule has 0 heterocycles. The summed E-state index contributed by atoms with van der Waals surface area (Å²) in [5, 5.41) is 7.58. The average Bonchev–Trinajstić information content (AvgIpc) is 2.79. The van der Waals surface area contributed by atoms with Gasteiger partial charge >= 0.3 is 6.09 Å². The summed E-state index contributed by atoms with van der Waals surface area (Å²) < 4.78 is 5.26. The summed E-state index contributed by atoms with van der Waals surface area (Å²) in [6.45, 7) is 10.5. The summed E-state index contributed by atoms with van der Waals surface area (Å²) in [5.41, 5.74) is -0.124. The number of nitrogens with zero attached hydrogens (tertiary/aromatic N) is 1. The van der Waals surface area contributed by atoms with Gasteiger partial charge in [-0.2, -0.15) is 0 Å². The lowest BCUT2D eigenvalue weighted by Gasteiger charge is -2.41. The quantitative estimate of drug-likeness (QED) is 0.467. The van der Waals surface area contributed by atoms with E-state index in [1.165, 1.54) is 4.90 Å². The van der Waals surface area contributed by atoms with Crippen LogP contribution in [-0.2, 0) is 14.3 Å². The Morgan fingerprint density at radius 2 is 1.44 bits per heavy atom. The molecule has 7 heteroatoms. The lowest BCUT2D eigenvalue weighted by atomic mass is 9.96. The Bertz CT molecular complexity index is 1230. The van der Waals surface area contributed by atoms with Gasteiger partial charge in [0.1, 0.15) is 18.2 Å². The van der Waals surface area contributed by atoms with Crippen molar-refractivity contribution in [1.82, 2.24) is 10.2 Å². The Kier molecular flexibility index (Phi) is 8.03. The fourth-order valence-corrected chi connectivity index (χ4v) is 3.98. The van der Waals surface area contributed by atoms with Crippen LogP contribution in [0.3, 0.4) is 0 Å². The molecule has 0 spiro atoms. The third-order valence-corrected chi connectivity index (χ3v) is 5.41. The van der Waals surface area contributed by atoms with Crippen LogP contribution in [0.1, 0.15) is 53.1 Å². The van der Waals surface area contributed by atoms with Crippen molar-refractivity contribution in [2.75, 3.05) is 11.9 Å². The Morgan fingerprint density at radius 1 is 0.833 bits per heavy atom. The highest BCUT2D eigenvalue weighted by Gasteiger charge is 2.38. The van der Waals surface area contributed by atoms with Gasteiger partial charge in [-0.15, -0.1) is 0 Å². The standard InChI is InChI=1S/C29H35N3O4/c1-28(2,3)32(24(33)19-30-27(35)36-29(4,5)6)25(21-13-8-7-9-14-21)26(34)31-23-17-16-20-12-10-11-15-22(20)18-23/h7-18,25H,19H2,1-6H3,(H,30,35)(H,31,34). The molecule has 3 rings (SSSR count). The number of alkyl carbamates (subject to hydrolysis) is 1. The van der Waals surface area contributed by atoms with Crippen LogP contribution in [0.2, 0.25) is 0 Å². The molecule has 1 atom stereocenters. The van der Waals surface area contributed by atoms with Gasteiger partial charge < -0.3 is 20.3 Å². The fraction of sp³-hybridized carbons (Fsp3) is 0.345. The highest BCUT2D eigenvalue weighted by atomic mass is 16.6. The molecule has 0 saturated carbocycles. The normalized spacial score (nSPS) is 12.5. The summed E-state index contributed by atoms with van der Waals surface area (Å²) in [5.74, 6) is -0.757. The molecule has 0 aliphatic carbocycles. The van der Waals surface area contributed by atoms with Crippen LogP contribution < -0.4 is 10.6 Å². The van der Waals surface area contributed by atoms with E-state index in [9.17, 15) is 14.4 Å². The van der Waals surface area contributed by atoms with Crippen LogP contribution in [0.25, 0.3) is 10.8 Å². The maximum atomic E-state index is 13.8. The van der Waals surface area contributed by atoms with E-state index in [2.05, 4.69) is 10.6 Å². The largest absolute Gasteiger partial charge is 0.444 e. The molecule has 0 aromatic heterocycles. The zero-order valence-corrected chi connectivity index (χ0v) is 21.8. The molecule has 190 valence electrons. The Morgan fingerprint density at radius 3 is 2.06 bits per heavy atom. The number of fused-ring (bicyclic) bond motifs is 1. The van der Waals surface area contributed by atoms with Crippen LogP contribution in [0.5, 0.6) is 0 Å². The van der Waals surface area contributed by atoms with Crippen molar-refractivity contribution in [3.8, 4) is 0 Å². The predicted molar refractivity (Wildman–Crippen MR) is 143 cm³/mol. The van der Waals surface area contributed by atoms with Crippen molar-refractivity contribution in [1.29, 1.82) is 0 Å². The van der Waals surface area contributed by atoms with Crippen LogP contribution >= 0.6 is 0 Å². The molecular formula is C29H35N3O4. The first-order chi connectivity index (χ1) is 16.8. The fourth-order valence-electron chi connectivity index (χ4n) is 3.98. The number of carbonyl (C=O) groups excluding carboxylic acids is 3. The Hall–Kier alpha value is -3.87. The molecule has 3 aromatic carbocycles. The Labute approximate surface area is 212 Å². The number of carbonyl (C=O) groups is 3. The minimum Gasteiger partial charge on any atom is -0.444 e. The van der Waals surface area contributed by atoms with E-state index in [4.69, 9.17) is 4.74 Å². The van der Waals surface area contributed by atoms with Crippen LogP contribution in [0.4, 0.5) is 10.5 Å². The highest BCUT2D eigenvalue weighted by Crippen LogP contribution is 2.30. The van der Waals surface area contributed by atoms with E-state index < -0.39 is 29.2 Å². The van der Waals surface area contributed by atoms with E-state index in [0.717, 1.165) is 10.8 Å². The molecule has 0 radical (unpaired) electrons. The number of nitrogens with one attached hydrogen (secondary N) is 2. The van der Waals surface area contributed by atoms with Gasteiger partial charge in [0.05, 0.1) is 0 Å². The third-order valence-electron chi connectivity index (χ3n) is 5.41. The average molecular weight is 490 g/mol. The lowest BCUT2D eigenvalue weighted by Crippen LogP contribution is -2.54. The second kappa shape index (κ2) is 10.8. The molecule has 0 bridgehead atoms. The van der Waals surface area contributed by atoms with Crippen LogP contribution in [0.15, 0.2) is 72.8 Å². The third kappa shape index (κ3) is 7.07. The van der Waals surface area contributed by atoms with Gasteiger partial charge in [0.2, 0.25) is 5.91 Å². The van der Waals surface area contributed by atoms with Crippen LogP contribution in [0, 0.1) is 0 Å². The smallest absolute Gasteiger partial charge is 0.408 e. The summed E-state index contributed by atoms with van der Waals surface area (Å²) >= 11 is 0. The minimum absolute atomic E-state index is 0.307. The first kappa shape index (κ1) is 26.7. The molecule has 0 aliphatic heterocycles. The summed E-state index contributed by atoms with van der Waals surface area (Å²) in [4.78, 5) is 40.9. The van der Waals surface area contributed by atoms with Crippen molar-refractivity contribution < 1.29 is 19.1 Å². The molecule has 1 unspecified atom stereocenters. The minimum atomic E-state index is -0.925. The zero-order chi connectivity index (χ0) is 26.5. The van der Waals surface area contributed by atoms with Crippen molar-refractivity contribution in [3.63, 3.8) is 0 Å². The first-order valence-corrected chi connectivity index (χ1v) is 12.0. The first-order valence-electron chi connectivity index (χ1n) is 12.0. The maximum Gasteiger partial charge on any atom is 0.408 e. The van der Waals surface area contributed by atoms with Gasteiger partial charge in [0.25, 0.3) is 5.91 Å². The van der Waals surface area contributed by atoms with Gasteiger partial charge in [0.15, 0.2) is 0 Å². The zero-order valence-electron chi connectivity index (χ0n) is 21.8. The van der Waals surface area contributed by atoms with E-state index in [0.29, 0.717) is 11.3 Å². The molecule has 0 aliphatic rings. The maximum absolute atomic E-state index is 13.8. The van der Waals surface area contributed by atoms with E-state index >= 15 is 0 Å². The molecular weight excluding hydrogens is 454 g/mol. The molecule has 2 N–H and O–H groups in total. The van der Waals surface area contributed by atoms with Crippen molar-refractivity contribution >= 4 is 34.4 Å². The molecule has 7 nitrogen and oxygen atoms in total. The number of rotatable bonds is 6. The molecule has 36 heavy (non-hydrogen) atoms. The van der Waals surface area contributed by atoms with E-state index in [-0.39, 0.29) is 12.5 Å². The monoisotopic (exact) mass is 489 g/mol. The highest BCUT2D eigenvalue weighted by molar-refractivity contribution is 6.00. The number of hydrogen-bond acceptors (Lipinski definition) is 4. The molecule has 0 saturated heterocycles. The number of anilines is 1. The van der Waals surface area contributed by atoms with Gasteiger partial charge in [-0.1, -0.05) is 60.7 Å². The van der Waals surface area contributed by atoms with Crippen molar-refractivity contribution in [2.24, 2.45) is 0 Å². The van der Waals surface area contributed by atoms with Crippen molar-refractivity contribution in [2.45, 2.75) is 58.7 Å². The summed E-state index contributed by atoms with van der Waals surface area (Å²) in [6.07, 6.45) is -0.693. The van der Waals surface area contributed by atoms with Gasteiger partial charge in [-0.3, -0.25) is 9.59 Å². The summed E-state index contributed by atoms with van der Waals surface area (Å²) in [7, 11) is 0. The number of hydrogen-bond donors (Lipinski definition) is 2. The van der Waals surface area contributed by atoms with Crippen molar-refractivity contribution in [3.05, 3.63) is 78.4 Å². The SMILES string of the molecule is CC(C)(C)OC(=O)NCC(=O)N(C(C(=O)Nc1ccc2ccccc2c1)c1ccccc1)C(C)(C)C. The second-order valence-corrected chi connectivity index (χ2v) is 10.7. The molecule has 0 fully saturated rings. The predicted octanol–water partition coefficient (Wildman–Crippen LogP) is 5.67. The topological polar surface area (TPSA) is 87.7 Å². The van der Waals surface area contributed by atoms with Gasteiger partial charge in [0, 0.05) is 11.2 Å². The van der Waals surface area contributed by atoms with E-state index in [1.54, 1.807) is 20.8 Å². The van der Waals surface area contributed by atoms with Crippen LogP contribution in [-0.4, -0.2) is 40.5 Å². The lowest BCUT2D eigenvalue weighted by molar-refractivity contribution is -0.144. The second-order valence-electron chi connectivity index (χ2n) is 10.7. The summed E-state index contributed by atoms with van der Waals surface area (Å²) in [6, 6.07) is 21.8. The number of benzene rings is 3. The van der Waals surface area contributed by atoms with E-state index in [1.807, 2.05) is 93.6 Å². The molecule has 3 aromatic rings. The Balaban J connectivity index is 1.91. The molecule has 3 amide bonds. The number of amides is 3.